The van der Waals surface area contributed by atoms with Crippen LogP contribution in [-0.4, -0.2) is 12.0 Å². The molecule has 0 aliphatic heterocycles. The fourth-order valence-electron chi connectivity index (χ4n) is 1.56. The summed E-state index contributed by atoms with van der Waals surface area (Å²) in [6, 6.07) is 14.8. The van der Waals surface area contributed by atoms with Crippen molar-refractivity contribution in [2.45, 2.75) is 6.10 Å². The number of nitrogens with zero attached hydrogens (tertiary/aromatic N) is 1. The number of ether oxygens (including phenoxy) is 1. The first-order valence-corrected chi connectivity index (χ1v) is 6.72. The Hall–Kier alpha value is -2.22. The average Bonchev–Trinajstić information content (AvgIpc) is 2.46. The van der Waals surface area contributed by atoms with E-state index >= 15 is 0 Å². The highest BCUT2D eigenvalue weighted by Crippen LogP contribution is 2.18. The molecule has 4 nitrogen and oxygen atoms in total. The number of carbonyl (C=O) groups excluding carboxylic acids is 1. The summed E-state index contributed by atoms with van der Waals surface area (Å²) in [4.78, 5) is 12.0. The number of hydrogen-bond donors (Lipinski definition) is 1. The van der Waals surface area contributed by atoms with Gasteiger partial charge in [0.05, 0.1) is 0 Å². The molecule has 1 unspecified atom stereocenters. The molecule has 0 fully saturated rings. The van der Waals surface area contributed by atoms with Gasteiger partial charge >= 0.3 is 0 Å². The lowest BCUT2D eigenvalue weighted by Crippen LogP contribution is -2.31. The Kier molecular flexibility index (Phi) is 5.04. The third-order valence-electron chi connectivity index (χ3n) is 2.52. The lowest BCUT2D eigenvalue weighted by molar-refractivity contribution is -0.120. The van der Waals surface area contributed by atoms with Crippen LogP contribution >= 0.6 is 23.2 Å². The van der Waals surface area contributed by atoms with E-state index in [0.717, 1.165) is 0 Å². The summed E-state index contributed by atoms with van der Waals surface area (Å²) < 4.78 is 5.32. The summed E-state index contributed by atoms with van der Waals surface area (Å²) in [5.41, 5.74) is 0.493. The standard InChI is InChI=1S/C15H10Cl2N2O2/c16-10-4-6-13(7-5-10)21-14(9-18)15(20)19-12-3-1-2-11(17)8-12/h1-8,14H,(H,19,20). The van der Waals surface area contributed by atoms with Gasteiger partial charge in [-0.3, -0.25) is 4.79 Å². The number of halogens is 2. The van der Waals surface area contributed by atoms with Gasteiger partial charge in [-0.25, -0.2) is 0 Å². The number of benzene rings is 2. The summed E-state index contributed by atoms with van der Waals surface area (Å²) in [5, 5.41) is 12.7. The highest BCUT2D eigenvalue weighted by atomic mass is 35.5. The van der Waals surface area contributed by atoms with Crippen LogP contribution in [0.25, 0.3) is 0 Å². The molecule has 21 heavy (non-hydrogen) atoms. The Morgan fingerprint density at radius 3 is 2.48 bits per heavy atom. The van der Waals surface area contributed by atoms with Crippen molar-refractivity contribution in [2.75, 3.05) is 5.32 Å². The van der Waals surface area contributed by atoms with Crippen LogP contribution in [0.5, 0.6) is 5.75 Å². The van der Waals surface area contributed by atoms with Crippen LogP contribution in [0.2, 0.25) is 10.0 Å². The fourth-order valence-corrected chi connectivity index (χ4v) is 1.88. The van der Waals surface area contributed by atoms with Crippen LogP contribution in [0.15, 0.2) is 48.5 Å². The van der Waals surface area contributed by atoms with Crippen LogP contribution in [-0.2, 0) is 4.79 Å². The van der Waals surface area contributed by atoms with Crippen molar-refractivity contribution >= 4 is 34.8 Å². The van der Waals surface area contributed by atoms with Crippen molar-refractivity contribution in [3.63, 3.8) is 0 Å². The van der Waals surface area contributed by atoms with Gasteiger partial charge < -0.3 is 10.1 Å². The maximum absolute atomic E-state index is 12.0. The minimum atomic E-state index is -1.27. The number of rotatable bonds is 4. The van der Waals surface area contributed by atoms with Crippen LogP contribution in [0.1, 0.15) is 0 Å². The molecule has 1 amide bonds. The molecule has 1 N–H and O–H groups in total. The van der Waals surface area contributed by atoms with Gasteiger partial charge in [-0.1, -0.05) is 29.3 Å². The molecule has 0 heterocycles. The lowest BCUT2D eigenvalue weighted by atomic mass is 10.3. The Morgan fingerprint density at radius 1 is 1.14 bits per heavy atom. The predicted molar refractivity (Wildman–Crippen MR) is 81.6 cm³/mol. The number of nitriles is 1. The van der Waals surface area contributed by atoms with E-state index < -0.39 is 12.0 Å². The van der Waals surface area contributed by atoms with Crippen LogP contribution in [0.3, 0.4) is 0 Å². The quantitative estimate of drug-likeness (QED) is 0.929. The first-order chi connectivity index (χ1) is 10.1. The van der Waals surface area contributed by atoms with Gasteiger partial charge in [0.1, 0.15) is 11.8 Å². The molecule has 1 atom stereocenters. The zero-order chi connectivity index (χ0) is 15.2. The second kappa shape index (κ2) is 6.98. The van der Waals surface area contributed by atoms with Gasteiger partial charge in [0, 0.05) is 15.7 Å². The fraction of sp³-hybridized carbons (Fsp3) is 0.0667. The van der Waals surface area contributed by atoms with E-state index in [-0.39, 0.29) is 0 Å². The zero-order valence-corrected chi connectivity index (χ0v) is 12.2. The summed E-state index contributed by atoms with van der Waals surface area (Å²) in [6.45, 7) is 0. The van der Waals surface area contributed by atoms with Crippen molar-refractivity contribution < 1.29 is 9.53 Å². The van der Waals surface area contributed by atoms with Crippen LogP contribution in [0.4, 0.5) is 5.69 Å². The smallest absolute Gasteiger partial charge is 0.280 e. The molecule has 0 aliphatic carbocycles. The molecule has 106 valence electrons. The van der Waals surface area contributed by atoms with E-state index in [1.165, 1.54) is 0 Å². The highest BCUT2D eigenvalue weighted by Gasteiger charge is 2.20. The minimum absolute atomic E-state index is 0.382. The summed E-state index contributed by atoms with van der Waals surface area (Å²) in [6.07, 6.45) is -1.27. The van der Waals surface area contributed by atoms with Gasteiger partial charge in [-0.05, 0) is 42.5 Å². The van der Waals surface area contributed by atoms with Crippen LogP contribution < -0.4 is 10.1 Å². The maximum Gasteiger partial charge on any atom is 0.280 e. The SMILES string of the molecule is N#CC(Oc1ccc(Cl)cc1)C(=O)Nc1cccc(Cl)c1. The Morgan fingerprint density at radius 2 is 1.86 bits per heavy atom. The van der Waals surface area contributed by atoms with Gasteiger partial charge in [0.2, 0.25) is 0 Å². The lowest BCUT2D eigenvalue weighted by Gasteiger charge is -2.12. The number of carbonyl (C=O) groups is 1. The van der Waals surface area contributed by atoms with E-state index in [1.54, 1.807) is 54.6 Å². The Balaban J connectivity index is 2.05. The molecule has 2 aromatic carbocycles. The second-order valence-electron chi connectivity index (χ2n) is 4.08. The highest BCUT2D eigenvalue weighted by molar-refractivity contribution is 6.31. The summed E-state index contributed by atoms with van der Waals surface area (Å²) >= 11 is 11.6. The number of amides is 1. The van der Waals surface area contributed by atoms with Gasteiger partial charge in [0.25, 0.3) is 12.0 Å². The number of nitrogens with one attached hydrogen (secondary N) is 1. The molecule has 2 rings (SSSR count). The third-order valence-corrected chi connectivity index (χ3v) is 3.00. The van der Waals surface area contributed by atoms with Gasteiger partial charge in [-0.2, -0.15) is 5.26 Å². The van der Waals surface area contributed by atoms with E-state index in [4.69, 9.17) is 33.2 Å². The molecule has 0 spiro atoms. The normalized spacial score (nSPS) is 11.3. The molecular weight excluding hydrogens is 311 g/mol. The Bertz CT molecular complexity index is 681. The molecule has 0 saturated heterocycles. The first-order valence-electron chi connectivity index (χ1n) is 5.97. The molecular formula is C15H10Cl2N2O2. The van der Waals surface area contributed by atoms with Crippen molar-refractivity contribution in [1.82, 2.24) is 0 Å². The van der Waals surface area contributed by atoms with Gasteiger partial charge in [0.15, 0.2) is 0 Å². The zero-order valence-electron chi connectivity index (χ0n) is 10.7. The van der Waals surface area contributed by atoms with Crippen molar-refractivity contribution in [1.29, 1.82) is 5.26 Å². The second-order valence-corrected chi connectivity index (χ2v) is 4.95. The first kappa shape index (κ1) is 15.2. The third kappa shape index (κ3) is 4.38. The summed E-state index contributed by atoms with van der Waals surface area (Å²) in [5.74, 6) is -0.193. The molecule has 0 radical (unpaired) electrons. The maximum atomic E-state index is 12.0. The van der Waals surface area contributed by atoms with E-state index in [0.29, 0.717) is 21.5 Å². The Labute approximate surface area is 131 Å². The monoisotopic (exact) mass is 320 g/mol. The van der Waals surface area contributed by atoms with E-state index in [9.17, 15) is 4.79 Å². The van der Waals surface area contributed by atoms with Crippen molar-refractivity contribution in [2.24, 2.45) is 0 Å². The molecule has 2 aromatic rings. The predicted octanol–water partition coefficient (Wildman–Crippen LogP) is 3.90. The molecule has 6 heteroatoms. The molecule has 0 saturated carbocycles. The minimum Gasteiger partial charge on any atom is -0.466 e. The molecule has 0 aromatic heterocycles. The number of hydrogen-bond acceptors (Lipinski definition) is 3. The van der Waals surface area contributed by atoms with Crippen molar-refractivity contribution in [3.05, 3.63) is 58.6 Å². The van der Waals surface area contributed by atoms with Crippen LogP contribution in [0, 0.1) is 11.3 Å². The molecule has 0 aliphatic rings. The van der Waals surface area contributed by atoms with Gasteiger partial charge in [-0.15, -0.1) is 0 Å². The number of anilines is 1. The van der Waals surface area contributed by atoms with E-state index in [2.05, 4.69) is 5.32 Å². The molecule has 0 bridgehead atoms. The average molecular weight is 321 g/mol. The topological polar surface area (TPSA) is 62.1 Å². The summed E-state index contributed by atoms with van der Waals surface area (Å²) in [7, 11) is 0. The van der Waals surface area contributed by atoms with E-state index in [1.807, 2.05) is 0 Å². The van der Waals surface area contributed by atoms with Crippen molar-refractivity contribution in [3.8, 4) is 11.8 Å². The largest absolute Gasteiger partial charge is 0.466 e.